The van der Waals surface area contributed by atoms with Crippen LogP contribution in [0.25, 0.3) is 0 Å². The monoisotopic (exact) mass is 489 g/mol. The Labute approximate surface area is 219 Å². The normalized spacial score (nSPS) is 14.4. The van der Waals surface area contributed by atoms with Crippen molar-refractivity contribution in [3.05, 3.63) is 96.1 Å². The van der Waals surface area contributed by atoms with E-state index in [9.17, 15) is 0 Å². The van der Waals surface area contributed by atoms with Crippen LogP contribution in [0.1, 0.15) is 52.7 Å². The summed E-state index contributed by atoms with van der Waals surface area (Å²) in [6.07, 6.45) is 0. The van der Waals surface area contributed by atoms with Gasteiger partial charge in [0.15, 0.2) is 0 Å². The smallest absolute Gasteiger partial charge is 0.335 e. The summed E-state index contributed by atoms with van der Waals surface area (Å²) >= 11 is 1.90. The van der Waals surface area contributed by atoms with E-state index in [4.69, 9.17) is 4.74 Å². The van der Waals surface area contributed by atoms with E-state index in [1.165, 1.54) is 43.2 Å². The van der Waals surface area contributed by atoms with Crippen LogP contribution >= 0.6 is 11.8 Å². The molecule has 4 heteroatoms. The SMILES string of the molecule is CC(C)(C)c1cccc2c1N(B1c3ccccc3Oc3ccccc31)c1c(cccc1C(C)(C)C)S2. The molecule has 0 saturated carbocycles. The summed E-state index contributed by atoms with van der Waals surface area (Å²) in [6, 6.07) is 30.7. The third kappa shape index (κ3) is 3.66. The van der Waals surface area contributed by atoms with Gasteiger partial charge in [0.05, 0.1) is 0 Å². The number of benzene rings is 4. The minimum atomic E-state index is -0.0114. The van der Waals surface area contributed by atoms with Crippen molar-refractivity contribution in [1.82, 2.24) is 0 Å². The lowest BCUT2D eigenvalue weighted by molar-refractivity contribution is 0.487. The second-order valence-electron chi connectivity index (χ2n) is 11.9. The van der Waals surface area contributed by atoms with Gasteiger partial charge in [0.25, 0.3) is 0 Å². The van der Waals surface area contributed by atoms with Crippen LogP contribution in [0.4, 0.5) is 11.4 Å². The van der Waals surface area contributed by atoms with E-state index in [2.05, 4.69) is 131 Å². The molecule has 2 aliphatic rings. The molecule has 0 unspecified atom stereocenters. The number of rotatable bonds is 1. The van der Waals surface area contributed by atoms with Crippen LogP contribution < -0.4 is 20.5 Å². The lowest BCUT2D eigenvalue weighted by atomic mass is 9.47. The summed E-state index contributed by atoms with van der Waals surface area (Å²) in [6.45, 7) is 13.9. The molecule has 36 heavy (non-hydrogen) atoms. The Hall–Kier alpha value is -3.11. The molecule has 6 rings (SSSR count). The van der Waals surface area contributed by atoms with Crippen molar-refractivity contribution in [2.24, 2.45) is 0 Å². The molecule has 0 aromatic heterocycles. The van der Waals surface area contributed by atoms with Crippen molar-refractivity contribution in [1.29, 1.82) is 0 Å². The maximum absolute atomic E-state index is 6.44. The van der Waals surface area contributed by atoms with E-state index >= 15 is 0 Å². The van der Waals surface area contributed by atoms with Gasteiger partial charge in [0.2, 0.25) is 0 Å². The highest BCUT2D eigenvalue weighted by molar-refractivity contribution is 7.99. The largest absolute Gasteiger partial charge is 0.458 e. The number of fused-ring (bicyclic) bond motifs is 4. The van der Waals surface area contributed by atoms with E-state index in [0.717, 1.165) is 11.5 Å². The zero-order valence-corrected chi connectivity index (χ0v) is 22.7. The minimum absolute atomic E-state index is 0.00319. The summed E-state index contributed by atoms with van der Waals surface area (Å²) in [7, 11) is 0. The topological polar surface area (TPSA) is 12.5 Å². The van der Waals surface area contributed by atoms with E-state index in [-0.39, 0.29) is 17.7 Å². The molecule has 0 fully saturated rings. The molecule has 0 saturated heterocycles. The van der Waals surface area contributed by atoms with Crippen LogP contribution in [0.15, 0.2) is 94.7 Å². The van der Waals surface area contributed by atoms with Crippen LogP contribution in [0.5, 0.6) is 11.5 Å². The van der Waals surface area contributed by atoms with Crippen molar-refractivity contribution < 1.29 is 4.74 Å². The van der Waals surface area contributed by atoms with Crippen molar-refractivity contribution in [2.75, 3.05) is 4.81 Å². The minimum Gasteiger partial charge on any atom is -0.458 e. The summed E-state index contributed by atoms with van der Waals surface area (Å²) in [4.78, 5) is 5.26. The fraction of sp³-hybridized carbons (Fsp3) is 0.250. The molecular weight excluding hydrogens is 457 g/mol. The summed E-state index contributed by atoms with van der Waals surface area (Å²) in [5.74, 6) is 1.87. The molecule has 2 heterocycles. The first-order valence-corrected chi connectivity index (χ1v) is 13.6. The average molecular weight is 489 g/mol. The fourth-order valence-electron chi connectivity index (χ4n) is 5.57. The standard InChI is InChI=1S/C32H32BNOS/c1-31(2,3)21-13-11-19-27-29(21)34(30-22(32(4,5)6)14-12-20-28(30)36-27)33-23-15-7-9-17-25(23)35-26-18-10-8-16-24(26)33/h7-20H,1-6H3. The van der Waals surface area contributed by atoms with Crippen molar-refractivity contribution in [3.8, 4) is 11.5 Å². The molecular formula is C32H32BNOS. The Morgan fingerprint density at radius 2 is 1.03 bits per heavy atom. The van der Waals surface area contributed by atoms with Crippen molar-refractivity contribution in [3.63, 3.8) is 0 Å². The van der Waals surface area contributed by atoms with Gasteiger partial charge in [0, 0.05) is 21.2 Å². The summed E-state index contributed by atoms with van der Waals surface area (Å²) < 4.78 is 6.44. The van der Waals surface area contributed by atoms with Crippen LogP contribution in [0.2, 0.25) is 0 Å². The molecule has 4 aromatic carbocycles. The number of para-hydroxylation sites is 4. The van der Waals surface area contributed by atoms with Crippen LogP contribution in [-0.4, -0.2) is 6.85 Å². The highest BCUT2D eigenvalue weighted by atomic mass is 32.2. The average Bonchev–Trinajstić information content (AvgIpc) is 2.84. The second-order valence-corrected chi connectivity index (χ2v) is 12.9. The Balaban J connectivity index is 1.74. The zero-order chi connectivity index (χ0) is 25.2. The molecule has 2 nitrogen and oxygen atoms in total. The van der Waals surface area contributed by atoms with Gasteiger partial charge in [-0.15, -0.1) is 0 Å². The number of nitrogens with zero attached hydrogens (tertiary/aromatic N) is 1. The molecule has 0 bridgehead atoms. The number of anilines is 2. The third-order valence-electron chi connectivity index (χ3n) is 7.22. The van der Waals surface area contributed by atoms with Crippen LogP contribution in [0.3, 0.4) is 0 Å². The van der Waals surface area contributed by atoms with E-state index in [0.29, 0.717) is 0 Å². The van der Waals surface area contributed by atoms with E-state index in [1.54, 1.807) is 0 Å². The molecule has 4 aromatic rings. The number of hydrogen-bond donors (Lipinski definition) is 0. The summed E-state index contributed by atoms with van der Waals surface area (Å²) in [5, 5.41) is 0. The lowest BCUT2D eigenvalue weighted by Crippen LogP contribution is -2.58. The van der Waals surface area contributed by atoms with Gasteiger partial charge < -0.3 is 9.55 Å². The summed E-state index contributed by atoms with van der Waals surface area (Å²) in [5.41, 5.74) is 7.74. The lowest BCUT2D eigenvalue weighted by Gasteiger charge is -2.45. The van der Waals surface area contributed by atoms with Crippen molar-refractivity contribution in [2.45, 2.75) is 62.2 Å². The molecule has 2 aliphatic heterocycles. The molecule has 0 atom stereocenters. The van der Waals surface area contributed by atoms with E-state index < -0.39 is 0 Å². The van der Waals surface area contributed by atoms with Gasteiger partial charge in [-0.2, -0.15) is 0 Å². The molecule has 0 amide bonds. The van der Waals surface area contributed by atoms with Gasteiger partial charge >= 0.3 is 6.85 Å². The van der Waals surface area contributed by atoms with Gasteiger partial charge in [-0.05, 0) is 57.1 Å². The Morgan fingerprint density at radius 1 is 0.583 bits per heavy atom. The van der Waals surface area contributed by atoms with Gasteiger partial charge in [-0.1, -0.05) is 114 Å². The molecule has 180 valence electrons. The molecule has 0 radical (unpaired) electrons. The van der Waals surface area contributed by atoms with Crippen LogP contribution in [0, 0.1) is 0 Å². The predicted octanol–water partition coefficient (Wildman–Crippen LogP) is 7.80. The Kier molecular flexibility index (Phi) is 5.31. The fourth-order valence-corrected chi connectivity index (χ4v) is 6.71. The van der Waals surface area contributed by atoms with Gasteiger partial charge in [0.1, 0.15) is 11.5 Å². The van der Waals surface area contributed by atoms with Gasteiger partial charge in [-0.25, -0.2) is 0 Å². The quantitative estimate of drug-likeness (QED) is 0.253. The highest BCUT2D eigenvalue weighted by Gasteiger charge is 2.43. The first-order chi connectivity index (χ1) is 17.1. The Morgan fingerprint density at radius 3 is 1.47 bits per heavy atom. The predicted molar refractivity (Wildman–Crippen MR) is 155 cm³/mol. The first-order valence-electron chi connectivity index (χ1n) is 12.7. The highest BCUT2D eigenvalue weighted by Crippen LogP contribution is 2.55. The van der Waals surface area contributed by atoms with Crippen molar-refractivity contribution >= 4 is 40.9 Å². The number of hydrogen-bond acceptors (Lipinski definition) is 3. The third-order valence-corrected chi connectivity index (χ3v) is 8.32. The second kappa shape index (κ2) is 8.21. The number of ether oxygens (including phenoxy) is 1. The zero-order valence-electron chi connectivity index (χ0n) is 21.9. The van der Waals surface area contributed by atoms with Gasteiger partial charge in [-0.3, -0.25) is 0 Å². The Bertz CT molecular complexity index is 1370. The molecule has 0 spiro atoms. The maximum atomic E-state index is 6.44. The first kappa shape index (κ1) is 23.3. The van der Waals surface area contributed by atoms with Crippen LogP contribution in [-0.2, 0) is 10.8 Å². The van der Waals surface area contributed by atoms with E-state index in [1.807, 2.05) is 11.8 Å². The molecule has 0 aliphatic carbocycles. The molecule has 0 N–H and O–H groups in total. The maximum Gasteiger partial charge on any atom is 0.335 e.